The van der Waals surface area contributed by atoms with Gasteiger partial charge in [-0.1, -0.05) is 40.5 Å². The van der Waals surface area contributed by atoms with Crippen LogP contribution in [0.4, 0.5) is 0 Å². The van der Waals surface area contributed by atoms with Gasteiger partial charge in [0.05, 0.1) is 30.5 Å². The highest BCUT2D eigenvalue weighted by atomic mass is 16.7. The van der Waals surface area contributed by atoms with Gasteiger partial charge in [-0.25, -0.2) is 0 Å². The Hall–Kier alpha value is -0.200. The summed E-state index contributed by atoms with van der Waals surface area (Å²) < 4.78 is 33.9. The minimum Gasteiger partial charge on any atom is -0.376 e. The summed E-state index contributed by atoms with van der Waals surface area (Å²) in [4.78, 5) is 0. The molecule has 4 saturated heterocycles. The van der Waals surface area contributed by atoms with Crippen LogP contribution in [0.15, 0.2) is 0 Å². The summed E-state index contributed by atoms with van der Waals surface area (Å²) in [6.45, 7) is 17.2. The summed E-state index contributed by atoms with van der Waals surface area (Å²) in [6.07, 6.45) is 11.7. The van der Waals surface area contributed by atoms with E-state index >= 15 is 0 Å². The molecule has 0 spiro atoms. The number of ether oxygens (including phenoxy) is 5. The molecule has 0 N–H and O–H groups in total. The minimum absolute atomic E-state index is 0.0245. The van der Waals surface area contributed by atoms with Gasteiger partial charge in [-0.2, -0.15) is 0 Å². The Bertz CT molecular complexity index is 819. The van der Waals surface area contributed by atoms with E-state index in [4.69, 9.17) is 23.7 Å². The van der Waals surface area contributed by atoms with Crippen LogP contribution in [0.2, 0.25) is 0 Å². The smallest absolute Gasteiger partial charge is 0.161 e. The zero-order valence-corrected chi connectivity index (χ0v) is 25.9. The molecule has 2 saturated carbocycles. The Balaban J connectivity index is 1.23. The third kappa shape index (κ3) is 5.39. The Morgan fingerprint density at radius 3 is 1.67 bits per heavy atom. The monoisotopic (exact) mass is 546 g/mol. The summed E-state index contributed by atoms with van der Waals surface area (Å²) in [5.41, 5.74) is 0. The van der Waals surface area contributed by atoms with Crippen LogP contribution in [0, 0.1) is 59.2 Å². The highest BCUT2D eigenvalue weighted by Crippen LogP contribution is 2.55. The molecule has 0 aromatic carbocycles. The maximum Gasteiger partial charge on any atom is 0.161 e. The van der Waals surface area contributed by atoms with E-state index in [0.29, 0.717) is 42.1 Å². The van der Waals surface area contributed by atoms with Crippen LogP contribution in [-0.4, -0.2) is 49.7 Å². The minimum atomic E-state index is -0.0925. The molecule has 0 radical (unpaired) electrons. The van der Waals surface area contributed by atoms with Crippen LogP contribution in [-0.2, 0) is 23.7 Å². The quantitative estimate of drug-likeness (QED) is 0.358. The predicted octanol–water partition coefficient (Wildman–Crippen LogP) is 7.46. The Morgan fingerprint density at radius 1 is 0.590 bits per heavy atom. The summed E-state index contributed by atoms with van der Waals surface area (Å²) >= 11 is 0. The SMILES string of the molecule is CCOC(CC1OC2OC(C)CCC3C(C)CCC(C1C)C23)C1OC2OC(C)CCC3C(C)CCC(C1C)C23. The van der Waals surface area contributed by atoms with E-state index < -0.39 is 0 Å². The Labute approximate surface area is 238 Å². The molecule has 0 bridgehead atoms. The molecular weight excluding hydrogens is 488 g/mol. The first-order chi connectivity index (χ1) is 18.8. The number of hydrogen-bond acceptors (Lipinski definition) is 5. The van der Waals surface area contributed by atoms with Crippen molar-refractivity contribution in [1.82, 2.24) is 0 Å². The van der Waals surface area contributed by atoms with Crippen LogP contribution in [0.25, 0.3) is 0 Å². The van der Waals surface area contributed by atoms with E-state index in [1.54, 1.807) is 0 Å². The van der Waals surface area contributed by atoms with E-state index in [-0.39, 0.29) is 43.1 Å². The third-order valence-electron chi connectivity index (χ3n) is 12.8. The number of hydrogen-bond donors (Lipinski definition) is 0. The van der Waals surface area contributed by atoms with E-state index in [1.165, 1.54) is 38.5 Å². The van der Waals surface area contributed by atoms with E-state index in [9.17, 15) is 0 Å². The van der Waals surface area contributed by atoms with Crippen LogP contribution in [0.5, 0.6) is 0 Å². The molecule has 5 heteroatoms. The lowest BCUT2D eigenvalue weighted by molar-refractivity contribution is -0.306. The van der Waals surface area contributed by atoms with Gasteiger partial charge < -0.3 is 23.7 Å². The fourth-order valence-corrected chi connectivity index (χ4v) is 10.5. The molecule has 0 aromatic rings. The molecule has 39 heavy (non-hydrogen) atoms. The summed E-state index contributed by atoms with van der Waals surface area (Å²) in [6, 6.07) is 0. The van der Waals surface area contributed by atoms with Gasteiger partial charge in [0, 0.05) is 24.9 Å². The van der Waals surface area contributed by atoms with Crippen molar-refractivity contribution >= 4 is 0 Å². The second-order valence-corrected chi connectivity index (χ2v) is 14.9. The molecule has 17 atom stereocenters. The van der Waals surface area contributed by atoms with Crippen LogP contribution in [0.1, 0.15) is 106 Å². The van der Waals surface area contributed by atoms with Gasteiger partial charge in [0.15, 0.2) is 12.6 Å². The zero-order valence-electron chi connectivity index (χ0n) is 25.9. The molecule has 2 aliphatic carbocycles. The lowest BCUT2D eigenvalue weighted by atomic mass is 9.59. The molecule has 17 unspecified atom stereocenters. The maximum absolute atomic E-state index is 7.03. The first-order valence-electron chi connectivity index (χ1n) is 17.0. The third-order valence-corrected chi connectivity index (χ3v) is 12.8. The van der Waals surface area contributed by atoms with Gasteiger partial charge in [-0.15, -0.1) is 0 Å². The van der Waals surface area contributed by atoms with Gasteiger partial charge >= 0.3 is 0 Å². The van der Waals surface area contributed by atoms with Crippen molar-refractivity contribution in [3.63, 3.8) is 0 Å². The fraction of sp³-hybridized carbons (Fsp3) is 1.00. The molecule has 4 aliphatic heterocycles. The summed E-state index contributed by atoms with van der Waals surface area (Å²) in [5, 5.41) is 0. The molecule has 6 aliphatic rings. The Morgan fingerprint density at radius 2 is 1.10 bits per heavy atom. The van der Waals surface area contributed by atoms with E-state index in [1.807, 2.05) is 0 Å². The second-order valence-electron chi connectivity index (χ2n) is 14.9. The van der Waals surface area contributed by atoms with Crippen LogP contribution in [0.3, 0.4) is 0 Å². The topological polar surface area (TPSA) is 46.2 Å². The summed E-state index contributed by atoms with van der Waals surface area (Å²) in [5.74, 6) is 6.40. The average Bonchev–Trinajstić information content (AvgIpc) is 3.18. The zero-order chi connectivity index (χ0) is 27.4. The van der Waals surface area contributed by atoms with Gasteiger partial charge in [0.25, 0.3) is 0 Å². The molecule has 6 fully saturated rings. The van der Waals surface area contributed by atoms with Crippen molar-refractivity contribution in [2.75, 3.05) is 6.61 Å². The normalized spacial score (nSPS) is 54.5. The highest BCUT2D eigenvalue weighted by molar-refractivity contribution is 5.01. The summed E-state index contributed by atoms with van der Waals surface area (Å²) in [7, 11) is 0. The van der Waals surface area contributed by atoms with E-state index in [2.05, 4.69) is 48.5 Å². The molecule has 4 heterocycles. The first kappa shape index (κ1) is 28.9. The number of rotatable bonds is 5. The van der Waals surface area contributed by atoms with Gasteiger partial charge in [0.2, 0.25) is 0 Å². The Kier molecular flexibility index (Phi) is 8.76. The molecular formula is C34H58O5. The molecule has 6 rings (SSSR count). The van der Waals surface area contributed by atoms with Crippen molar-refractivity contribution in [2.24, 2.45) is 59.2 Å². The molecule has 0 aromatic heterocycles. The largest absolute Gasteiger partial charge is 0.376 e. The molecule has 0 amide bonds. The molecule has 5 nitrogen and oxygen atoms in total. The van der Waals surface area contributed by atoms with Gasteiger partial charge in [-0.05, 0) is 107 Å². The second kappa shape index (κ2) is 11.8. The van der Waals surface area contributed by atoms with Gasteiger partial charge in [-0.3, -0.25) is 0 Å². The highest BCUT2D eigenvalue weighted by Gasteiger charge is 2.56. The van der Waals surface area contributed by atoms with Crippen molar-refractivity contribution in [3.8, 4) is 0 Å². The van der Waals surface area contributed by atoms with Crippen molar-refractivity contribution in [3.05, 3.63) is 0 Å². The first-order valence-corrected chi connectivity index (χ1v) is 17.0. The lowest BCUT2D eigenvalue weighted by Crippen LogP contribution is -2.58. The van der Waals surface area contributed by atoms with E-state index in [0.717, 1.165) is 42.9 Å². The molecule has 224 valence electrons. The fourth-order valence-electron chi connectivity index (χ4n) is 10.5. The van der Waals surface area contributed by atoms with Crippen LogP contribution >= 0.6 is 0 Å². The van der Waals surface area contributed by atoms with Crippen molar-refractivity contribution < 1.29 is 23.7 Å². The van der Waals surface area contributed by atoms with Crippen molar-refractivity contribution in [2.45, 2.75) is 149 Å². The van der Waals surface area contributed by atoms with Crippen molar-refractivity contribution in [1.29, 1.82) is 0 Å². The van der Waals surface area contributed by atoms with Gasteiger partial charge in [0.1, 0.15) is 0 Å². The average molecular weight is 547 g/mol. The lowest BCUT2D eigenvalue weighted by Gasteiger charge is -2.55. The standard InChI is InChI=1S/C34H58O5/c1-8-35-29(32-23(7)27-14-10-19(3)25-16-12-21(5)37-34(39-32)31(25)27)17-28-22(6)26-13-9-18(2)24-15-11-20(4)36-33(38-28)30(24)26/h18-34H,8-17H2,1-7H3. The maximum atomic E-state index is 7.03. The van der Waals surface area contributed by atoms with Crippen LogP contribution < -0.4 is 0 Å². The predicted molar refractivity (Wildman–Crippen MR) is 153 cm³/mol.